The molecule has 4 nitrogen and oxygen atoms in total. The van der Waals surface area contributed by atoms with Gasteiger partial charge in [-0.05, 0) is 26.3 Å². The molecule has 1 unspecified atom stereocenters. The molecule has 1 fully saturated rings. The van der Waals surface area contributed by atoms with Crippen molar-refractivity contribution in [3.05, 3.63) is 0 Å². The van der Waals surface area contributed by atoms with Crippen molar-refractivity contribution >= 4 is 5.91 Å². The summed E-state index contributed by atoms with van der Waals surface area (Å²) in [6, 6.07) is 0.523. The minimum atomic E-state index is -0.0937. The van der Waals surface area contributed by atoms with Crippen LogP contribution in [0.15, 0.2) is 0 Å². The van der Waals surface area contributed by atoms with Crippen LogP contribution in [-0.4, -0.2) is 29.4 Å². The van der Waals surface area contributed by atoms with Crippen molar-refractivity contribution in [1.82, 2.24) is 10.3 Å². The highest BCUT2D eigenvalue weighted by Gasteiger charge is 2.33. The SMILES string of the molecule is CCN(C1CC1)C(C)C(=O)NN. The van der Waals surface area contributed by atoms with Gasteiger partial charge in [0.25, 0.3) is 5.91 Å². The quantitative estimate of drug-likeness (QED) is 0.351. The Morgan fingerprint density at radius 2 is 2.33 bits per heavy atom. The number of hydrogen-bond donors (Lipinski definition) is 2. The van der Waals surface area contributed by atoms with Gasteiger partial charge in [0, 0.05) is 6.04 Å². The Morgan fingerprint density at radius 1 is 1.75 bits per heavy atom. The van der Waals surface area contributed by atoms with Crippen LogP contribution in [0.5, 0.6) is 0 Å². The Bertz CT molecular complexity index is 168. The fourth-order valence-corrected chi connectivity index (χ4v) is 1.53. The molecular formula is C8H17N3O. The van der Waals surface area contributed by atoms with Gasteiger partial charge in [-0.2, -0.15) is 0 Å². The molecule has 0 radical (unpaired) electrons. The van der Waals surface area contributed by atoms with Crippen LogP contribution < -0.4 is 11.3 Å². The highest BCUT2D eigenvalue weighted by molar-refractivity contribution is 5.80. The van der Waals surface area contributed by atoms with E-state index in [9.17, 15) is 4.79 Å². The average Bonchev–Trinajstić information content (AvgIpc) is 2.88. The summed E-state index contributed by atoms with van der Waals surface area (Å²) in [5.41, 5.74) is 2.18. The second-order valence-electron chi connectivity index (χ2n) is 3.25. The van der Waals surface area contributed by atoms with E-state index in [2.05, 4.69) is 17.2 Å². The number of nitrogens with zero attached hydrogens (tertiary/aromatic N) is 1. The van der Waals surface area contributed by atoms with E-state index in [1.54, 1.807) is 0 Å². The zero-order valence-electron chi connectivity index (χ0n) is 7.71. The van der Waals surface area contributed by atoms with E-state index in [0.717, 1.165) is 6.54 Å². The van der Waals surface area contributed by atoms with Gasteiger partial charge in [0.2, 0.25) is 0 Å². The molecule has 0 heterocycles. The Kier molecular flexibility index (Phi) is 3.05. The molecule has 0 spiro atoms. The Balaban J connectivity index is 2.46. The number of carbonyl (C=O) groups is 1. The molecule has 0 saturated heterocycles. The lowest BCUT2D eigenvalue weighted by Crippen LogP contribution is -2.48. The minimum Gasteiger partial charge on any atom is -0.293 e. The normalized spacial score (nSPS) is 19.3. The maximum absolute atomic E-state index is 11.2. The summed E-state index contributed by atoms with van der Waals surface area (Å²) in [7, 11) is 0. The van der Waals surface area contributed by atoms with Gasteiger partial charge in [-0.1, -0.05) is 6.92 Å². The van der Waals surface area contributed by atoms with Crippen LogP contribution in [0, 0.1) is 0 Å². The lowest BCUT2D eigenvalue weighted by molar-refractivity contribution is -0.126. The fraction of sp³-hybridized carbons (Fsp3) is 0.875. The predicted molar refractivity (Wildman–Crippen MR) is 47.2 cm³/mol. The zero-order valence-corrected chi connectivity index (χ0v) is 7.71. The monoisotopic (exact) mass is 171 g/mol. The van der Waals surface area contributed by atoms with E-state index in [1.165, 1.54) is 12.8 Å². The first kappa shape index (κ1) is 9.48. The van der Waals surface area contributed by atoms with Crippen LogP contribution in [0.2, 0.25) is 0 Å². The van der Waals surface area contributed by atoms with Crippen LogP contribution in [0.25, 0.3) is 0 Å². The van der Waals surface area contributed by atoms with Crippen LogP contribution in [0.4, 0.5) is 0 Å². The number of rotatable bonds is 4. The number of nitrogens with two attached hydrogens (primary N) is 1. The van der Waals surface area contributed by atoms with Crippen molar-refractivity contribution in [2.75, 3.05) is 6.54 Å². The van der Waals surface area contributed by atoms with Gasteiger partial charge < -0.3 is 0 Å². The number of likely N-dealkylation sites (N-methyl/N-ethyl adjacent to an activating group) is 1. The molecule has 1 aliphatic carbocycles. The van der Waals surface area contributed by atoms with Gasteiger partial charge in [0.05, 0.1) is 6.04 Å². The van der Waals surface area contributed by atoms with Crippen molar-refractivity contribution in [2.45, 2.75) is 38.8 Å². The second-order valence-corrected chi connectivity index (χ2v) is 3.25. The van der Waals surface area contributed by atoms with Gasteiger partial charge in [-0.3, -0.25) is 15.1 Å². The summed E-state index contributed by atoms with van der Waals surface area (Å²) >= 11 is 0. The molecule has 0 aliphatic heterocycles. The Labute approximate surface area is 73.1 Å². The summed E-state index contributed by atoms with van der Waals surface area (Å²) in [6.07, 6.45) is 2.44. The number of hydrazine groups is 1. The molecule has 1 atom stereocenters. The zero-order chi connectivity index (χ0) is 9.14. The third-order valence-electron chi connectivity index (χ3n) is 2.40. The minimum absolute atomic E-state index is 0.0903. The molecule has 0 aromatic heterocycles. The first-order chi connectivity index (χ1) is 5.70. The van der Waals surface area contributed by atoms with E-state index >= 15 is 0 Å². The Morgan fingerprint density at radius 3 is 2.67 bits per heavy atom. The molecule has 4 heteroatoms. The number of amides is 1. The summed E-state index contributed by atoms with van der Waals surface area (Å²) < 4.78 is 0. The average molecular weight is 171 g/mol. The summed E-state index contributed by atoms with van der Waals surface area (Å²) in [5.74, 6) is 4.97. The largest absolute Gasteiger partial charge is 0.293 e. The van der Waals surface area contributed by atoms with E-state index in [1.807, 2.05) is 6.92 Å². The fourth-order valence-electron chi connectivity index (χ4n) is 1.53. The van der Waals surface area contributed by atoms with Gasteiger partial charge in [-0.15, -0.1) is 0 Å². The van der Waals surface area contributed by atoms with E-state index in [-0.39, 0.29) is 11.9 Å². The van der Waals surface area contributed by atoms with Crippen LogP contribution >= 0.6 is 0 Å². The molecule has 0 aromatic rings. The molecular weight excluding hydrogens is 154 g/mol. The molecule has 1 rings (SSSR count). The molecule has 12 heavy (non-hydrogen) atoms. The number of carbonyl (C=O) groups excluding carboxylic acids is 1. The van der Waals surface area contributed by atoms with Crippen LogP contribution in [0.3, 0.4) is 0 Å². The molecule has 3 N–H and O–H groups in total. The van der Waals surface area contributed by atoms with E-state index in [0.29, 0.717) is 6.04 Å². The van der Waals surface area contributed by atoms with Gasteiger partial charge in [0.15, 0.2) is 0 Å². The summed E-state index contributed by atoms with van der Waals surface area (Å²) in [6.45, 7) is 4.88. The van der Waals surface area contributed by atoms with Crippen LogP contribution in [0.1, 0.15) is 26.7 Å². The van der Waals surface area contributed by atoms with E-state index in [4.69, 9.17) is 5.84 Å². The number of hydrogen-bond acceptors (Lipinski definition) is 3. The first-order valence-corrected chi connectivity index (χ1v) is 4.47. The standard InChI is InChI=1S/C8H17N3O/c1-3-11(7-4-5-7)6(2)8(12)10-9/h6-7H,3-5,9H2,1-2H3,(H,10,12). The molecule has 1 saturated carbocycles. The van der Waals surface area contributed by atoms with Crippen molar-refractivity contribution in [3.8, 4) is 0 Å². The van der Waals surface area contributed by atoms with Gasteiger partial charge in [-0.25, -0.2) is 5.84 Å². The third kappa shape index (κ3) is 1.95. The highest BCUT2D eigenvalue weighted by atomic mass is 16.2. The molecule has 0 aromatic carbocycles. The predicted octanol–water partition coefficient (Wildman–Crippen LogP) is -0.151. The van der Waals surface area contributed by atoms with Crippen molar-refractivity contribution in [1.29, 1.82) is 0 Å². The first-order valence-electron chi connectivity index (χ1n) is 4.47. The lowest BCUT2D eigenvalue weighted by atomic mass is 10.2. The molecule has 0 bridgehead atoms. The summed E-state index contributed by atoms with van der Waals surface area (Å²) in [4.78, 5) is 13.3. The van der Waals surface area contributed by atoms with Crippen molar-refractivity contribution < 1.29 is 4.79 Å². The highest BCUT2D eigenvalue weighted by Crippen LogP contribution is 2.28. The topological polar surface area (TPSA) is 58.4 Å². The Hall–Kier alpha value is -0.610. The van der Waals surface area contributed by atoms with Crippen molar-refractivity contribution in [2.24, 2.45) is 5.84 Å². The van der Waals surface area contributed by atoms with Gasteiger partial charge in [0.1, 0.15) is 0 Å². The van der Waals surface area contributed by atoms with Crippen LogP contribution in [-0.2, 0) is 4.79 Å². The number of nitrogens with one attached hydrogen (secondary N) is 1. The summed E-state index contributed by atoms with van der Waals surface area (Å²) in [5, 5.41) is 0. The second kappa shape index (κ2) is 3.87. The van der Waals surface area contributed by atoms with E-state index < -0.39 is 0 Å². The lowest BCUT2D eigenvalue weighted by Gasteiger charge is -2.25. The van der Waals surface area contributed by atoms with Gasteiger partial charge >= 0.3 is 0 Å². The molecule has 70 valence electrons. The van der Waals surface area contributed by atoms with Crippen molar-refractivity contribution in [3.63, 3.8) is 0 Å². The smallest absolute Gasteiger partial charge is 0.250 e. The third-order valence-corrected chi connectivity index (χ3v) is 2.40. The maximum atomic E-state index is 11.2. The molecule has 1 aliphatic rings. The molecule has 1 amide bonds. The maximum Gasteiger partial charge on any atom is 0.250 e.